The molecule has 0 atom stereocenters. The van der Waals surface area contributed by atoms with Crippen molar-refractivity contribution in [1.29, 1.82) is 5.26 Å². The van der Waals surface area contributed by atoms with E-state index in [1.807, 2.05) is 37.3 Å². The Hall–Kier alpha value is -3.06. The summed E-state index contributed by atoms with van der Waals surface area (Å²) in [5.41, 5.74) is 3.08. The molecule has 2 aromatic carbocycles. The fourth-order valence-corrected chi connectivity index (χ4v) is 1.94. The fraction of sp³-hybridized carbons (Fsp3) is 0.111. The third-order valence-corrected chi connectivity index (χ3v) is 3.05. The van der Waals surface area contributed by atoms with Crippen LogP contribution in [0.1, 0.15) is 16.7 Å². The number of rotatable bonds is 5. The monoisotopic (exact) mass is 293 g/mol. The maximum absolute atomic E-state index is 10.6. The molecule has 0 radical (unpaired) electrons. The molecule has 0 unspecified atom stereocenters. The van der Waals surface area contributed by atoms with E-state index in [2.05, 4.69) is 6.07 Å². The number of carboxylic acids is 1. The lowest BCUT2D eigenvalue weighted by Gasteiger charge is -2.07. The Labute approximate surface area is 128 Å². The minimum Gasteiger partial charge on any atom is -0.481 e. The zero-order valence-corrected chi connectivity index (χ0v) is 12.1. The summed E-state index contributed by atoms with van der Waals surface area (Å²) in [7, 11) is 0. The molecule has 0 spiro atoms. The summed E-state index contributed by atoms with van der Waals surface area (Å²) < 4.78 is 5.25. The van der Waals surface area contributed by atoms with Crippen LogP contribution < -0.4 is 4.74 Å². The first kappa shape index (κ1) is 15.3. The number of benzene rings is 2. The van der Waals surface area contributed by atoms with Gasteiger partial charge in [0.1, 0.15) is 5.75 Å². The molecule has 0 aliphatic carbocycles. The second-order valence-corrected chi connectivity index (χ2v) is 4.76. The van der Waals surface area contributed by atoms with Crippen molar-refractivity contribution in [3.63, 3.8) is 0 Å². The lowest BCUT2D eigenvalue weighted by Crippen LogP contribution is -2.09. The van der Waals surface area contributed by atoms with Crippen LogP contribution in [0.3, 0.4) is 0 Å². The molecule has 22 heavy (non-hydrogen) atoms. The lowest BCUT2D eigenvalue weighted by atomic mass is 10.0. The van der Waals surface area contributed by atoms with Gasteiger partial charge in [-0.3, -0.25) is 0 Å². The number of aliphatic carboxylic acids is 1. The van der Waals surface area contributed by atoms with Gasteiger partial charge >= 0.3 is 5.97 Å². The number of ether oxygens (including phenoxy) is 1. The minimum absolute atomic E-state index is 0.419. The normalized spacial score (nSPS) is 10.8. The highest BCUT2D eigenvalue weighted by Gasteiger charge is 2.06. The summed E-state index contributed by atoms with van der Waals surface area (Å²) >= 11 is 0. The number of nitriles is 1. The number of para-hydroxylation sites is 1. The first-order chi connectivity index (χ1) is 10.6. The van der Waals surface area contributed by atoms with Crippen LogP contribution in [0.25, 0.3) is 11.6 Å². The predicted molar refractivity (Wildman–Crippen MR) is 84.2 cm³/mol. The molecule has 2 aromatic rings. The van der Waals surface area contributed by atoms with E-state index in [9.17, 15) is 10.1 Å². The first-order valence-electron chi connectivity index (χ1n) is 6.72. The van der Waals surface area contributed by atoms with Crippen molar-refractivity contribution in [2.45, 2.75) is 6.92 Å². The van der Waals surface area contributed by atoms with E-state index in [1.165, 1.54) is 0 Å². The molecule has 0 saturated carbocycles. The maximum atomic E-state index is 10.6. The average Bonchev–Trinajstić information content (AvgIpc) is 2.52. The molecule has 4 nitrogen and oxygen atoms in total. The van der Waals surface area contributed by atoms with Crippen LogP contribution >= 0.6 is 0 Å². The van der Waals surface area contributed by atoms with Crippen LogP contribution in [0.4, 0.5) is 0 Å². The Morgan fingerprint density at radius 1 is 1.23 bits per heavy atom. The van der Waals surface area contributed by atoms with Crippen molar-refractivity contribution in [3.8, 4) is 11.8 Å². The smallest absolute Gasteiger partial charge is 0.341 e. The van der Waals surface area contributed by atoms with Crippen LogP contribution in [0.5, 0.6) is 5.75 Å². The van der Waals surface area contributed by atoms with E-state index in [4.69, 9.17) is 9.84 Å². The van der Waals surface area contributed by atoms with Crippen LogP contribution in [-0.2, 0) is 4.79 Å². The van der Waals surface area contributed by atoms with Gasteiger partial charge in [-0.05, 0) is 24.6 Å². The SMILES string of the molecule is Cc1ccc(/C(C#N)=C/c2ccccc2OCC(=O)O)cc1. The zero-order valence-electron chi connectivity index (χ0n) is 12.1. The van der Waals surface area contributed by atoms with E-state index in [1.54, 1.807) is 24.3 Å². The van der Waals surface area contributed by atoms with Crippen molar-refractivity contribution in [1.82, 2.24) is 0 Å². The maximum Gasteiger partial charge on any atom is 0.341 e. The van der Waals surface area contributed by atoms with Crippen LogP contribution in [0, 0.1) is 18.3 Å². The molecular weight excluding hydrogens is 278 g/mol. The Kier molecular flexibility index (Phi) is 4.94. The Morgan fingerprint density at radius 2 is 1.91 bits per heavy atom. The molecule has 110 valence electrons. The van der Waals surface area contributed by atoms with Gasteiger partial charge in [0.2, 0.25) is 0 Å². The number of carbonyl (C=O) groups is 1. The number of hydrogen-bond acceptors (Lipinski definition) is 3. The summed E-state index contributed by atoms with van der Waals surface area (Å²) in [6.07, 6.45) is 1.70. The number of aryl methyl sites for hydroxylation is 1. The van der Waals surface area contributed by atoms with Crippen molar-refractivity contribution in [2.24, 2.45) is 0 Å². The van der Waals surface area contributed by atoms with E-state index in [-0.39, 0.29) is 0 Å². The van der Waals surface area contributed by atoms with Crippen molar-refractivity contribution >= 4 is 17.6 Å². The average molecular weight is 293 g/mol. The van der Waals surface area contributed by atoms with E-state index < -0.39 is 12.6 Å². The van der Waals surface area contributed by atoms with Gasteiger partial charge in [0.05, 0.1) is 11.6 Å². The molecule has 4 heteroatoms. The number of allylic oxidation sites excluding steroid dienone is 1. The van der Waals surface area contributed by atoms with Gasteiger partial charge in [-0.15, -0.1) is 0 Å². The topological polar surface area (TPSA) is 70.3 Å². The van der Waals surface area contributed by atoms with Crippen LogP contribution in [0.2, 0.25) is 0 Å². The molecule has 1 N–H and O–H groups in total. The predicted octanol–water partition coefficient (Wildman–Crippen LogP) is 3.52. The van der Waals surface area contributed by atoms with Crippen molar-refractivity contribution in [3.05, 3.63) is 65.2 Å². The Morgan fingerprint density at radius 3 is 2.55 bits per heavy atom. The Bertz CT molecular complexity index is 740. The van der Waals surface area contributed by atoms with Gasteiger partial charge in [-0.1, -0.05) is 48.0 Å². The summed E-state index contributed by atoms with van der Waals surface area (Å²) in [6, 6.07) is 16.8. The number of hydrogen-bond donors (Lipinski definition) is 1. The van der Waals surface area contributed by atoms with Gasteiger partial charge in [-0.25, -0.2) is 4.79 Å². The highest BCUT2D eigenvalue weighted by Crippen LogP contribution is 2.24. The Balaban J connectivity index is 2.36. The van der Waals surface area contributed by atoms with E-state index in [0.717, 1.165) is 11.1 Å². The molecular formula is C18H15NO3. The molecule has 0 aromatic heterocycles. The zero-order chi connectivity index (χ0) is 15.9. The molecule has 0 saturated heterocycles. The number of carboxylic acid groups (broad SMARTS) is 1. The summed E-state index contributed by atoms with van der Waals surface area (Å²) in [5, 5.41) is 18.1. The molecule has 2 rings (SSSR count). The van der Waals surface area contributed by atoms with Gasteiger partial charge in [-0.2, -0.15) is 5.26 Å². The fourth-order valence-electron chi connectivity index (χ4n) is 1.94. The second-order valence-electron chi connectivity index (χ2n) is 4.76. The van der Waals surface area contributed by atoms with Crippen LogP contribution in [0.15, 0.2) is 48.5 Å². The molecule has 0 aliphatic heterocycles. The molecule has 0 fully saturated rings. The second kappa shape index (κ2) is 7.09. The standard InChI is InChI=1S/C18H15NO3/c1-13-6-8-14(9-7-13)16(11-19)10-15-4-2-3-5-17(15)22-12-18(20)21/h2-10H,12H2,1H3,(H,20,21)/b16-10+. The molecule has 0 heterocycles. The van der Waals surface area contributed by atoms with Gasteiger partial charge in [0.25, 0.3) is 0 Å². The number of nitrogens with zero attached hydrogens (tertiary/aromatic N) is 1. The lowest BCUT2D eigenvalue weighted by molar-refractivity contribution is -0.139. The van der Waals surface area contributed by atoms with E-state index >= 15 is 0 Å². The van der Waals surface area contributed by atoms with Crippen molar-refractivity contribution in [2.75, 3.05) is 6.61 Å². The van der Waals surface area contributed by atoms with Gasteiger partial charge in [0, 0.05) is 5.56 Å². The molecule has 0 aliphatic rings. The highest BCUT2D eigenvalue weighted by atomic mass is 16.5. The largest absolute Gasteiger partial charge is 0.481 e. The third-order valence-electron chi connectivity index (χ3n) is 3.05. The quantitative estimate of drug-likeness (QED) is 0.676. The highest BCUT2D eigenvalue weighted by molar-refractivity contribution is 5.90. The molecule has 0 bridgehead atoms. The molecule has 0 amide bonds. The first-order valence-corrected chi connectivity index (χ1v) is 6.72. The third kappa shape index (κ3) is 3.97. The van der Waals surface area contributed by atoms with Gasteiger partial charge in [0.15, 0.2) is 6.61 Å². The van der Waals surface area contributed by atoms with Crippen molar-refractivity contribution < 1.29 is 14.6 Å². The van der Waals surface area contributed by atoms with Gasteiger partial charge < -0.3 is 9.84 Å². The minimum atomic E-state index is -1.04. The summed E-state index contributed by atoms with van der Waals surface area (Å²) in [5.74, 6) is -0.609. The van der Waals surface area contributed by atoms with Crippen LogP contribution in [-0.4, -0.2) is 17.7 Å². The summed E-state index contributed by atoms with van der Waals surface area (Å²) in [6.45, 7) is 1.56. The van der Waals surface area contributed by atoms with E-state index in [0.29, 0.717) is 16.9 Å². The summed E-state index contributed by atoms with van der Waals surface area (Å²) in [4.78, 5) is 10.6.